The van der Waals surface area contributed by atoms with Crippen molar-refractivity contribution in [3.8, 4) is 0 Å². The molecule has 0 saturated carbocycles. The van der Waals surface area contributed by atoms with Gasteiger partial charge in [0.05, 0.1) is 0 Å². The first kappa shape index (κ1) is 9.75. The van der Waals surface area contributed by atoms with Crippen molar-refractivity contribution in [1.82, 2.24) is 0 Å². The van der Waals surface area contributed by atoms with E-state index >= 15 is 0 Å². The van der Waals surface area contributed by atoms with Crippen molar-refractivity contribution < 1.29 is 13.2 Å². The summed E-state index contributed by atoms with van der Waals surface area (Å²) in [6.45, 7) is 2.99. The van der Waals surface area contributed by atoms with Crippen molar-refractivity contribution in [2.24, 2.45) is 0 Å². The first-order chi connectivity index (χ1) is 3.81. The first-order valence-corrected chi connectivity index (χ1v) is 3.63. The molecule has 55 valence electrons. The molecule has 0 amide bonds. The number of rotatable bonds is 2. The van der Waals surface area contributed by atoms with Gasteiger partial charge in [-0.1, -0.05) is 0 Å². The smallest absolute Gasteiger partial charge is 0.224 e. The Kier molecular flexibility index (Phi) is 3.01. The van der Waals surface area contributed by atoms with Crippen LogP contribution in [-0.4, -0.2) is 9.41 Å². The van der Waals surface area contributed by atoms with Gasteiger partial charge in [0.1, 0.15) is 0 Å². The quantitative estimate of drug-likeness (QED) is 0.675. The fourth-order valence-corrected chi connectivity index (χ4v) is 0.340. The van der Waals surface area contributed by atoms with Crippen molar-refractivity contribution in [2.75, 3.05) is 0 Å². The van der Waals surface area contributed by atoms with Crippen molar-refractivity contribution in [3.63, 3.8) is 0 Å². The largest absolute Gasteiger partial charge is 0.344 e. The third-order valence-corrected chi connectivity index (χ3v) is 2.78. The molecular formula is C4H4Br2F3. The number of alkyl halides is 5. The highest BCUT2D eigenvalue weighted by Crippen LogP contribution is 2.44. The Morgan fingerprint density at radius 2 is 1.56 bits per heavy atom. The van der Waals surface area contributed by atoms with Crippen LogP contribution in [0.25, 0.3) is 0 Å². The molecule has 1 unspecified atom stereocenters. The molecule has 0 fully saturated rings. The maximum absolute atomic E-state index is 12.4. The van der Waals surface area contributed by atoms with Crippen LogP contribution in [0.3, 0.4) is 0 Å². The fourth-order valence-electron chi connectivity index (χ4n) is 0.142. The summed E-state index contributed by atoms with van der Waals surface area (Å²) < 4.78 is 33.6. The number of hydrogen-bond acceptors (Lipinski definition) is 0. The monoisotopic (exact) mass is 267 g/mol. The Hall–Kier alpha value is 0.750. The van der Waals surface area contributed by atoms with E-state index in [9.17, 15) is 13.2 Å². The van der Waals surface area contributed by atoms with E-state index in [1.165, 1.54) is 0 Å². The van der Waals surface area contributed by atoms with E-state index in [4.69, 9.17) is 0 Å². The van der Waals surface area contributed by atoms with Crippen LogP contribution in [0.2, 0.25) is 0 Å². The lowest BCUT2D eigenvalue weighted by molar-refractivity contribution is 0.00623. The highest BCUT2D eigenvalue weighted by molar-refractivity contribution is 9.12. The summed E-state index contributed by atoms with van der Waals surface area (Å²) in [5.74, 6) is 0. The number of hydrogen-bond donors (Lipinski definition) is 0. The molecule has 5 heteroatoms. The van der Waals surface area contributed by atoms with E-state index in [1.807, 2.05) is 15.9 Å². The van der Waals surface area contributed by atoms with Crippen LogP contribution in [0.1, 0.15) is 6.42 Å². The molecule has 0 aromatic heterocycles. The summed E-state index contributed by atoms with van der Waals surface area (Å²) in [7, 11) is 0. The van der Waals surface area contributed by atoms with Gasteiger partial charge in [0.25, 0.3) is 0 Å². The van der Waals surface area contributed by atoms with Gasteiger partial charge in [-0.25, -0.2) is 4.39 Å². The van der Waals surface area contributed by atoms with Crippen molar-refractivity contribution >= 4 is 31.9 Å². The summed E-state index contributed by atoms with van der Waals surface area (Å²) >= 11 is 4.04. The second-order valence-corrected chi connectivity index (χ2v) is 3.71. The molecule has 0 nitrogen and oxygen atoms in total. The van der Waals surface area contributed by atoms with Crippen molar-refractivity contribution in [2.45, 2.75) is 15.8 Å². The molecular weight excluding hydrogens is 265 g/mol. The molecule has 1 radical (unpaired) electrons. The predicted octanol–water partition coefficient (Wildman–Crippen LogP) is 3.26. The minimum atomic E-state index is -3.55. The van der Waals surface area contributed by atoms with Crippen LogP contribution in [0, 0.1) is 6.92 Å². The van der Waals surface area contributed by atoms with Gasteiger partial charge in [0.2, 0.25) is 4.58 Å². The van der Waals surface area contributed by atoms with Gasteiger partial charge in [-0.15, -0.1) is 0 Å². The number of halogens is 5. The van der Waals surface area contributed by atoms with Gasteiger partial charge < -0.3 is 0 Å². The van der Waals surface area contributed by atoms with E-state index in [0.29, 0.717) is 0 Å². The summed E-state index contributed by atoms with van der Waals surface area (Å²) in [5.41, 5.74) is 0. The van der Waals surface area contributed by atoms with E-state index < -0.39 is 15.8 Å². The minimum Gasteiger partial charge on any atom is -0.224 e. The lowest BCUT2D eigenvalue weighted by atomic mass is 10.3. The van der Waals surface area contributed by atoms with E-state index in [2.05, 4.69) is 22.9 Å². The summed E-state index contributed by atoms with van der Waals surface area (Å²) in [6.07, 6.45) is -0.536. The Bertz CT molecular complexity index is 96.5. The molecule has 0 spiro atoms. The zero-order chi connectivity index (χ0) is 7.71. The average Bonchev–Trinajstić information content (AvgIpc) is 1.64. The molecule has 9 heavy (non-hydrogen) atoms. The van der Waals surface area contributed by atoms with Crippen LogP contribution in [0.4, 0.5) is 13.2 Å². The van der Waals surface area contributed by atoms with Gasteiger partial charge >= 0.3 is 4.83 Å². The minimum absolute atomic E-state index is 0.536. The molecule has 0 aliphatic carbocycles. The lowest BCUT2D eigenvalue weighted by Gasteiger charge is -2.21. The molecule has 0 aliphatic heterocycles. The molecule has 0 aliphatic rings. The highest BCUT2D eigenvalue weighted by Gasteiger charge is 2.49. The first-order valence-electron chi connectivity index (χ1n) is 2.05. The maximum Gasteiger partial charge on any atom is 0.344 e. The van der Waals surface area contributed by atoms with Crippen LogP contribution in [0.15, 0.2) is 0 Å². The fraction of sp³-hybridized carbons (Fsp3) is 0.750. The molecule has 0 rings (SSSR count). The molecule has 0 heterocycles. The third kappa shape index (κ3) is 2.45. The Labute approximate surface area is 68.1 Å². The van der Waals surface area contributed by atoms with Crippen LogP contribution < -0.4 is 0 Å². The molecule has 0 N–H and O–H groups in total. The Balaban J connectivity index is 4.14. The topological polar surface area (TPSA) is 0 Å². The SMILES string of the molecule is [CH2]CC(F)(Br)C(F)(F)Br. The van der Waals surface area contributed by atoms with Gasteiger partial charge in [-0.2, -0.15) is 8.78 Å². The Morgan fingerprint density at radius 1 is 1.22 bits per heavy atom. The lowest BCUT2D eigenvalue weighted by Crippen LogP contribution is -2.31. The van der Waals surface area contributed by atoms with Crippen LogP contribution in [-0.2, 0) is 0 Å². The standard InChI is InChI=1S/C4H4Br2F3/c1-2-3(5,7)4(6,8)9/h1-2H2. The predicted molar refractivity (Wildman–Crippen MR) is 36.6 cm³/mol. The normalized spacial score (nSPS) is 19.3. The molecule has 1 atom stereocenters. The summed E-state index contributed by atoms with van der Waals surface area (Å²) in [6, 6.07) is 0. The summed E-state index contributed by atoms with van der Waals surface area (Å²) in [5, 5.41) is 0. The van der Waals surface area contributed by atoms with Crippen LogP contribution in [0.5, 0.6) is 0 Å². The second-order valence-electron chi connectivity index (χ2n) is 1.45. The summed E-state index contributed by atoms with van der Waals surface area (Å²) in [4.78, 5) is -3.55. The zero-order valence-electron chi connectivity index (χ0n) is 4.30. The zero-order valence-corrected chi connectivity index (χ0v) is 7.48. The molecule has 0 saturated heterocycles. The molecule has 0 aromatic carbocycles. The van der Waals surface area contributed by atoms with Gasteiger partial charge in [0, 0.05) is 0 Å². The van der Waals surface area contributed by atoms with Crippen molar-refractivity contribution in [1.29, 1.82) is 0 Å². The van der Waals surface area contributed by atoms with E-state index in [-0.39, 0.29) is 0 Å². The van der Waals surface area contributed by atoms with Crippen LogP contribution >= 0.6 is 31.9 Å². The van der Waals surface area contributed by atoms with Gasteiger partial charge in [0.15, 0.2) is 0 Å². The van der Waals surface area contributed by atoms with E-state index in [1.54, 1.807) is 0 Å². The second kappa shape index (κ2) is 2.78. The Morgan fingerprint density at radius 3 is 1.56 bits per heavy atom. The molecule has 0 bridgehead atoms. The molecule has 0 aromatic rings. The van der Waals surface area contributed by atoms with Crippen molar-refractivity contribution in [3.05, 3.63) is 6.92 Å². The average molecular weight is 269 g/mol. The third-order valence-electron chi connectivity index (χ3n) is 0.729. The maximum atomic E-state index is 12.4. The van der Waals surface area contributed by atoms with Gasteiger partial charge in [-0.3, -0.25) is 0 Å². The van der Waals surface area contributed by atoms with Gasteiger partial charge in [-0.05, 0) is 45.2 Å². The highest BCUT2D eigenvalue weighted by atomic mass is 79.9. The van der Waals surface area contributed by atoms with E-state index in [0.717, 1.165) is 0 Å².